The van der Waals surface area contributed by atoms with Crippen LogP contribution in [0.4, 0.5) is 4.79 Å². The smallest absolute Gasteiger partial charge is 0.407 e. The van der Waals surface area contributed by atoms with E-state index in [2.05, 4.69) is 17.4 Å². The maximum Gasteiger partial charge on any atom is 0.407 e. The molecule has 170 valence electrons. The fourth-order valence-electron chi connectivity index (χ4n) is 3.48. The molecule has 0 spiro atoms. The molecule has 0 radical (unpaired) electrons. The quantitative estimate of drug-likeness (QED) is 0.514. The van der Waals surface area contributed by atoms with Gasteiger partial charge in [-0.25, -0.2) is 9.59 Å². The van der Waals surface area contributed by atoms with Crippen LogP contribution in [0.3, 0.4) is 0 Å². The first kappa shape index (κ1) is 26.8. The summed E-state index contributed by atoms with van der Waals surface area (Å²) in [6.45, 7) is 4.00. The number of aliphatic hydroxyl groups excluding tert-OH is 1. The number of amides is 1. The van der Waals surface area contributed by atoms with E-state index >= 15 is 0 Å². The van der Waals surface area contributed by atoms with Crippen LogP contribution < -0.4 is 5.32 Å². The zero-order valence-corrected chi connectivity index (χ0v) is 19.4. The Bertz CT molecular complexity index is 799. The molecule has 0 heterocycles. The number of ether oxygens (including phenoxy) is 1. The predicted octanol–water partition coefficient (Wildman–Crippen LogP) is 5.05. The lowest BCUT2D eigenvalue weighted by Crippen LogP contribution is -2.42. The number of fused-ring (bicyclic) bond motifs is 3. The van der Waals surface area contributed by atoms with E-state index in [-0.39, 0.29) is 23.8 Å². The molecule has 31 heavy (non-hydrogen) atoms. The summed E-state index contributed by atoms with van der Waals surface area (Å²) in [4.78, 5) is 23.4. The van der Waals surface area contributed by atoms with Crippen molar-refractivity contribution in [1.29, 1.82) is 0 Å². The molecular formula is C23H29Cl2NO5. The Labute approximate surface area is 193 Å². The van der Waals surface area contributed by atoms with E-state index in [1.165, 1.54) is 0 Å². The van der Waals surface area contributed by atoms with E-state index in [9.17, 15) is 14.7 Å². The van der Waals surface area contributed by atoms with Gasteiger partial charge < -0.3 is 20.3 Å². The fraction of sp³-hybridized carbons (Fsp3) is 0.391. The van der Waals surface area contributed by atoms with E-state index in [1.807, 2.05) is 50.2 Å². The third-order valence-electron chi connectivity index (χ3n) is 4.64. The Balaban J connectivity index is 0.000000884. The van der Waals surface area contributed by atoms with Crippen LogP contribution in [-0.4, -0.2) is 47.4 Å². The van der Waals surface area contributed by atoms with Gasteiger partial charge in [-0.2, -0.15) is 0 Å². The zero-order chi connectivity index (χ0) is 23.4. The van der Waals surface area contributed by atoms with Crippen LogP contribution in [0.1, 0.15) is 37.3 Å². The minimum Gasteiger partial charge on any atom is -0.480 e. The third-order valence-corrected chi connectivity index (χ3v) is 4.64. The molecule has 0 aromatic heterocycles. The van der Waals surface area contributed by atoms with Gasteiger partial charge in [-0.3, -0.25) is 0 Å². The van der Waals surface area contributed by atoms with Gasteiger partial charge in [0, 0.05) is 13.0 Å². The standard InChI is InChI=1S/C21H23NO4.CH2Cl2.CH4O/c1-13(2)11-19(20(23)24)22-21(25)26-12-18-16-9-5-3-7-14(16)15-8-4-6-10-17(15)18;2-1-3;1-2/h3-10,13,18-19H,11-12H2,1-2H3,(H,22,25)(H,23,24);1H2;2H,1H3/t19-;;/m0../s1. The van der Waals surface area contributed by atoms with E-state index in [0.29, 0.717) is 6.42 Å². The molecule has 0 fully saturated rings. The molecule has 0 aliphatic heterocycles. The maximum atomic E-state index is 12.1. The predicted molar refractivity (Wildman–Crippen MR) is 124 cm³/mol. The average molecular weight is 470 g/mol. The van der Waals surface area contributed by atoms with Gasteiger partial charge in [0.25, 0.3) is 0 Å². The van der Waals surface area contributed by atoms with Gasteiger partial charge in [-0.1, -0.05) is 62.4 Å². The van der Waals surface area contributed by atoms with Crippen LogP contribution in [0, 0.1) is 5.92 Å². The molecule has 0 saturated heterocycles. The first-order valence-electron chi connectivity index (χ1n) is 9.80. The largest absolute Gasteiger partial charge is 0.480 e. The number of alkyl halides is 2. The molecule has 2 aromatic rings. The zero-order valence-electron chi connectivity index (χ0n) is 17.8. The Kier molecular flexibility index (Phi) is 12.0. The number of benzene rings is 2. The van der Waals surface area contributed by atoms with Gasteiger partial charge in [0.2, 0.25) is 0 Å². The van der Waals surface area contributed by atoms with Crippen molar-refractivity contribution in [2.75, 3.05) is 19.1 Å². The number of rotatable bonds is 6. The average Bonchev–Trinajstić information content (AvgIpc) is 3.07. The van der Waals surface area contributed by atoms with Crippen molar-refractivity contribution in [3.05, 3.63) is 59.7 Å². The number of halogens is 2. The normalized spacial score (nSPS) is 12.4. The molecule has 0 saturated carbocycles. The summed E-state index contributed by atoms with van der Waals surface area (Å²) in [7, 11) is 1.00. The SMILES string of the molecule is CC(C)C[C@H](NC(=O)OCC1c2ccccc2-c2ccccc21)C(=O)O.CO.ClCCl. The van der Waals surface area contributed by atoms with Crippen LogP contribution in [-0.2, 0) is 9.53 Å². The van der Waals surface area contributed by atoms with Crippen molar-refractivity contribution < 1.29 is 24.5 Å². The molecule has 0 unspecified atom stereocenters. The molecule has 3 N–H and O–H groups in total. The number of hydrogen-bond donors (Lipinski definition) is 3. The molecule has 8 heteroatoms. The lowest BCUT2D eigenvalue weighted by molar-refractivity contribution is -0.139. The number of carboxylic acids is 1. The van der Waals surface area contributed by atoms with Crippen LogP contribution in [0.15, 0.2) is 48.5 Å². The monoisotopic (exact) mass is 469 g/mol. The van der Waals surface area contributed by atoms with Gasteiger partial charge in [0.1, 0.15) is 12.6 Å². The van der Waals surface area contributed by atoms with Crippen molar-refractivity contribution in [3.8, 4) is 11.1 Å². The van der Waals surface area contributed by atoms with Gasteiger partial charge in [-0.05, 0) is 34.6 Å². The molecule has 1 aliphatic rings. The van der Waals surface area contributed by atoms with Crippen LogP contribution in [0.2, 0.25) is 0 Å². The van der Waals surface area contributed by atoms with Gasteiger partial charge in [0.05, 0.1) is 5.34 Å². The topological polar surface area (TPSA) is 95.9 Å². The number of alkyl carbamates (subject to hydrolysis) is 1. The van der Waals surface area contributed by atoms with E-state index in [1.54, 1.807) is 0 Å². The lowest BCUT2D eigenvalue weighted by Gasteiger charge is -2.18. The first-order chi connectivity index (χ1) is 14.9. The lowest BCUT2D eigenvalue weighted by atomic mass is 9.98. The number of carbonyl (C=O) groups is 2. The highest BCUT2D eigenvalue weighted by Gasteiger charge is 2.29. The third kappa shape index (κ3) is 7.73. The molecule has 3 rings (SSSR count). The summed E-state index contributed by atoms with van der Waals surface area (Å²) in [5, 5.41) is 18.9. The first-order valence-corrected chi connectivity index (χ1v) is 10.9. The number of carbonyl (C=O) groups excluding carboxylic acids is 1. The summed E-state index contributed by atoms with van der Waals surface area (Å²) in [5.74, 6) is -0.932. The fourth-order valence-corrected chi connectivity index (χ4v) is 3.48. The second-order valence-corrected chi connectivity index (χ2v) is 7.90. The molecule has 0 bridgehead atoms. The summed E-state index contributed by atoms with van der Waals surface area (Å²) < 4.78 is 5.39. The van der Waals surface area contributed by atoms with Gasteiger partial charge in [-0.15, -0.1) is 23.2 Å². The van der Waals surface area contributed by atoms with Crippen molar-refractivity contribution >= 4 is 35.3 Å². The highest BCUT2D eigenvalue weighted by atomic mass is 35.5. The van der Waals surface area contributed by atoms with Crippen molar-refractivity contribution in [2.45, 2.75) is 32.2 Å². The molecule has 1 aliphatic carbocycles. The van der Waals surface area contributed by atoms with E-state index < -0.39 is 18.1 Å². The van der Waals surface area contributed by atoms with E-state index in [4.69, 9.17) is 33.0 Å². The number of hydrogen-bond acceptors (Lipinski definition) is 4. The summed E-state index contributed by atoms with van der Waals surface area (Å²) in [6, 6.07) is 15.2. The van der Waals surface area contributed by atoms with Gasteiger partial charge in [0.15, 0.2) is 0 Å². The molecule has 6 nitrogen and oxygen atoms in total. The minimum absolute atomic E-state index is 0.0403. The Morgan fingerprint density at radius 3 is 1.87 bits per heavy atom. The Hall–Kier alpha value is -2.28. The Morgan fingerprint density at radius 2 is 1.45 bits per heavy atom. The highest BCUT2D eigenvalue weighted by Crippen LogP contribution is 2.44. The van der Waals surface area contributed by atoms with Crippen LogP contribution >= 0.6 is 23.2 Å². The number of nitrogens with one attached hydrogen (secondary N) is 1. The summed E-state index contributed by atoms with van der Waals surface area (Å²) in [5.41, 5.74) is 4.55. The Morgan fingerprint density at radius 1 is 1.00 bits per heavy atom. The second-order valence-electron chi connectivity index (χ2n) is 7.09. The summed E-state index contributed by atoms with van der Waals surface area (Å²) in [6.07, 6.45) is -0.334. The minimum atomic E-state index is -1.05. The molecule has 1 amide bonds. The molecule has 1 atom stereocenters. The second kappa shape index (κ2) is 13.9. The van der Waals surface area contributed by atoms with Crippen LogP contribution in [0.25, 0.3) is 11.1 Å². The molecule has 2 aromatic carbocycles. The number of aliphatic hydroxyl groups is 1. The highest BCUT2D eigenvalue weighted by molar-refractivity contribution is 6.40. The van der Waals surface area contributed by atoms with Crippen molar-refractivity contribution in [3.63, 3.8) is 0 Å². The maximum absolute atomic E-state index is 12.1. The van der Waals surface area contributed by atoms with Crippen molar-refractivity contribution in [1.82, 2.24) is 5.32 Å². The number of aliphatic carboxylic acids is 1. The van der Waals surface area contributed by atoms with Crippen LogP contribution in [0.5, 0.6) is 0 Å². The van der Waals surface area contributed by atoms with Crippen molar-refractivity contribution in [2.24, 2.45) is 5.92 Å². The molecular weight excluding hydrogens is 441 g/mol. The number of carboxylic acid groups (broad SMARTS) is 1. The summed E-state index contributed by atoms with van der Waals surface area (Å²) >= 11 is 9.53. The van der Waals surface area contributed by atoms with E-state index in [0.717, 1.165) is 29.4 Å². The van der Waals surface area contributed by atoms with Gasteiger partial charge >= 0.3 is 12.1 Å².